The predicted molar refractivity (Wildman–Crippen MR) is 122 cm³/mol. The monoisotopic (exact) mass is 410 g/mol. The molecule has 5 heteroatoms. The van der Waals surface area contributed by atoms with Crippen LogP contribution in [0.25, 0.3) is 11.1 Å². The van der Waals surface area contributed by atoms with Crippen molar-refractivity contribution in [3.05, 3.63) is 84.4 Å². The van der Waals surface area contributed by atoms with E-state index in [2.05, 4.69) is 44.3 Å². The molecule has 5 nitrogen and oxygen atoms in total. The number of aromatic nitrogens is 2. The van der Waals surface area contributed by atoms with Crippen molar-refractivity contribution < 1.29 is 4.79 Å². The molecule has 3 aromatic rings. The molecule has 0 saturated carbocycles. The van der Waals surface area contributed by atoms with Crippen molar-refractivity contribution in [1.82, 2.24) is 20.2 Å². The summed E-state index contributed by atoms with van der Waals surface area (Å²) in [5.74, 6) is 2.56. The van der Waals surface area contributed by atoms with Crippen LogP contribution < -0.4 is 5.32 Å². The van der Waals surface area contributed by atoms with Gasteiger partial charge in [-0.05, 0) is 54.3 Å². The van der Waals surface area contributed by atoms with Gasteiger partial charge in [-0.2, -0.15) is 0 Å². The molecule has 0 bridgehead atoms. The highest BCUT2D eigenvalue weighted by Crippen LogP contribution is 2.38. The van der Waals surface area contributed by atoms with Crippen LogP contribution in [-0.2, 0) is 17.8 Å². The van der Waals surface area contributed by atoms with Gasteiger partial charge in [0.25, 0.3) is 0 Å². The van der Waals surface area contributed by atoms with Crippen LogP contribution in [-0.4, -0.2) is 40.4 Å². The van der Waals surface area contributed by atoms with Crippen molar-refractivity contribution in [2.45, 2.75) is 19.4 Å². The molecule has 1 amide bonds. The third-order valence-corrected chi connectivity index (χ3v) is 5.94. The molecule has 1 aromatic carbocycles. The summed E-state index contributed by atoms with van der Waals surface area (Å²) in [6.07, 6.45) is 14.1. The van der Waals surface area contributed by atoms with Crippen LogP contribution in [0, 0.1) is 17.8 Å². The molecule has 1 aliphatic heterocycles. The van der Waals surface area contributed by atoms with Crippen LogP contribution >= 0.6 is 0 Å². The number of amides is 1. The van der Waals surface area contributed by atoms with Crippen LogP contribution in [0.15, 0.2) is 73.3 Å². The van der Waals surface area contributed by atoms with E-state index in [1.165, 1.54) is 5.56 Å². The van der Waals surface area contributed by atoms with E-state index in [0.717, 1.165) is 36.2 Å². The number of likely N-dealkylation sites (tertiary alicyclic amines) is 1. The maximum absolute atomic E-state index is 13.3. The molecule has 0 spiro atoms. The first kappa shape index (κ1) is 20.8. The number of hydrogen-bond acceptors (Lipinski definition) is 4. The highest BCUT2D eigenvalue weighted by Gasteiger charge is 2.44. The fraction of sp³-hybridized carbons (Fsp3) is 0.269. The van der Waals surface area contributed by atoms with Crippen molar-refractivity contribution in [2.75, 3.05) is 19.6 Å². The van der Waals surface area contributed by atoms with Gasteiger partial charge >= 0.3 is 0 Å². The Bertz CT molecular complexity index is 1060. The van der Waals surface area contributed by atoms with Crippen LogP contribution in [0.5, 0.6) is 0 Å². The third kappa shape index (κ3) is 4.82. The molecule has 4 rings (SSSR count). The molecule has 1 atom stereocenters. The normalized spacial score (nSPS) is 18.4. The summed E-state index contributed by atoms with van der Waals surface area (Å²) in [7, 11) is 0. The minimum Gasteiger partial charge on any atom is -0.345 e. The molecule has 0 aliphatic carbocycles. The van der Waals surface area contributed by atoms with Crippen molar-refractivity contribution in [2.24, 2.45) is 5.41 Å². The Morgan fingerprint density at radius 1 is 1.10 bits per heavy atom. The lowest BCUT2D eigenvalue weighted by atomic mass is 9.78. The second-order valence-corrected chi connectivity index (χ2v) is 8.06. The lowest BCUT2D eigenvalue weighted by molar-refractivity contribution is -0.130. The standard InChI is InChI=1S/C26H26N4O/c1-2-12-29-25(31)26(11-16-30(20-26)19-21-9-14-27-15-10-21)17-22-6-3-4-8-24(22)23-7-5-13-28-18-23/h1,3-10,13-15,18H,11-12,16-17,19-20H2,(H,29,31)/t26-/m0/s1. The third-order valence-electron chi connectivity index (χ3n) is 5.94. The first-order valence-corrected chi connectivity index (χ1v) is 10.5. The smallest absolute Gasteiger partial charge is 0.228 e. The van der Waals surface area contributed by atoms with Crippen molar-refractivity contribution >= 4 is 5.91 Å². The number of carbonyl (C=O) groups excluding carboxylic acids is 1. The molecule has 0 radical (unpaired) electrons. The number of rotatable bonds is 7. The Morgan fingerprint density at radius 3 is 2.71 bits per heavy atom. The topological polar surface area (TPSA) is 58.1 Å². The molecule has 1 saturated heterocycles. The number of benzene rings is 1. The number of pyridine rings is 2. The van der Waals surface area contributed by atoms with E-state index >= 15 is 0 Å². The first-order chi connectivity index (χ1) is 15.2. The highest BCUT2D eigenvalue weighted by atomic mass is 16.2. The molecule has 156 valence electrons. The molecular formula is C26H26N4O. The highest BCUT2D eigenvalue weighted by molar-refractivity contribution is 5.84. The molecule has 2 aromatic heterocycles. The largest absolute Gasteiger partial charge is 0.345 e. The zero-order valence-electron chi connectivity index (χ0n) is 17.5. The number of nitrogens with zero attached hydrogens (tertiary/aromatic N) is 3. The lowest BCUT2D eigenvalue weighted by Gasteiger charge is -2.29. The number of carbonyl (C=O) groups is 1. The second-order valence-electron chi connectivity index (χ2n) is 8.06. The molecule has 1 fully saturated rings. The van der Waals surface area contributed by atoms with E-state index in [4.69, 9.17) is 6.42 Å². The van der Waals surface area contributed by atoms with Gasteiger partial charge in [0.05, 0.1) is 12.0 Å². The molecule has 3 heterocycles. The quantitative estimate of drug-likeness (QED) is 0.607. The van der Waals surface area contributed by atoms with Gasteiger partial charge in [0.1, 0.15) is 0 Å². The molecular weight excluding hydrogens is 384 g/mol. The Balaban J connectivity index is 1.61. The van der Waals surface area contributed by atoms with Crippen molar-refractivity contribution in [3.63, 3.8) is 0 Å². The Morgan fingerprint density at radius 2 is 1.94 bits per heavy atom. The maximum Gasteiger partial charge on any atom is 0.228 e. The number of hydrogen-bond donors (Lipinski definition) is 1. The SMILES string of the molecule is C#CCNC(=O)[C@]1(Cc2ccccc2-c2cccnc2)CCN(Cc2ccncc2)C1. The van der Waals surface area contributed by atoms with Crippen LogP contribution in [0.2, 0.25) is 0 Å². The average Bonchev–Trinajstić information content (AvgIpc) is 3.22. The Labute approximate surface area is 183 Å². The van der Waals surface area contributed by atoms with E-state index in [0.29, 0.717) is 13.0 Å². The summed E-state index contributed by atoms with van der Waals surface area (Å²) in [6.45, 7) is 2.60. The van der Waals surface area contributed by atoms with Crippen LogP contribution in [0.1, 0.15) is 17.5 Å². The summed E-state index contributed by atoms with van der Waals surface area (Å²) in [5, 5.41) is 2.95. The van der Waals surface area contributed by atoms with E-state index in [1.54, 1.807) is 6.20 Å². The second kappa shape index (κ2) is 9.55. The average molecular weight is 411 g/mol. The number of terminal acetylenes is 1. The van der Waals surface area contributed by atoms with Gasteiger partial charge < -0.3 is 5.32 Å². The number of nitrogens with one attached hydrogen (secondary N) is 1. The predicted octanol–water partition coefficient (Wildman–Crippen LogP) is 3.33. The minimum absolute atomic E-state index is 0.0312. The molecule has 1 N–H and O–H groups in total. The minimum atomic E-state index is -0.526. The van der Waals surface area contributed by atoms with E-state index < -0.39 is 5.41 Å². The van der Waals surface area contributed by atoms with Gasteiger partial charge in [0.15, 0.2) is 0 Å². The van der Waals surface area contributed by atoms with Gasteiger partial charge in [-0.25, -0.2) is 0 Å². The maximum atomic E-state index is 13.3. The fourth-order valence-corrected chi connectivity index (χ4v) is 4.41. The van der Waals surface area contributed by atoms with E-state index in [9.17, 15) is 4.79 Å². The zero-order valence-corrected chi connectivity index (χ0v) is 17.5. The van der Waals surface area contributed by atoms with Gasteiger partial charge in [0.2, 0.25) is 5.91 Å². The summed E-state index contributed by atoms with van der Waals surface area (Å²) < 4.78 is 0. The zero-order chi connectivity index (χ0) is 21.5. The summed E-state index contributed by atoms with van der Waals surface area (Å²) in [6, 6.07) is 16.3. The van der Waals surface area contributed by atoms with Gasteiger partial charge in [0, 0.05) is 43.4 Å². The first-order valence-electron chi connectivity index (χ1n) is 10.5. The molecule has 1 aliphatic rings. The van der Waals surface area contributed by atoms with Crippen molar-refractivity contribution in [1.29, 1.82) is 0 Å². The summed E-state index contributed by atoms with van der Waals surface area (Å²) in [4.78, 5) is 24.0. The Kier molecular flexibility index (Phi) is 6.40. The Hall–Kier alpha value is -3.49. The van der Waals surface area contributed by atoms with E-state index in [-0.39, 0.29) is 12.5 Å². The summed E-state index contributed by atoms with van der Waals surface area (Å²) >= 11 is 0. The van der Waals surface area contributed by atoms with Crippen molar-refractivity contribution in [3.8, 4) is 23.5 Å². The fourth-order valence-electron chi connectivity index (χ4n) is 4.41. The molecule has 31 heavy (non-hydrogen) atoms. The van der Waals surface area contributed by atoms with Gasteiger partial charge in [-0.15, -0.1) is 6.42 Å². The molecule has 0 unspecified atom stereocenters. The summed E-state index contributed by atoms with van der Waals surface area (Å²) in [5.41, 5.74) is 4.00. The lowest BCUT2D eigenvalue weighted by Crippen LogP contribution is -2.44. The van der Waals surface area contributed by atoms with Gasteiger partial charge in [-0.3, -0.25) is 19.7 Å². The van der Waals surface area contributed by atoms with Gasteiger partial charge in [-0.1, -0.05) is 36.3 Å². The van der Waals surface area contributed by atoms with Crippen LogP contribution in [0.4, 0.5) is 0 Å². The van der Waals surface area contributed by atoms with E-state index in [1.807, 2.05) is 48.9 Å². The van der Waals surface area contributed by atoms with Crippen LogP contribution in [0.3, 0.4) is 0 Å².